The molecule has 1 fully saturated rings. The molecule has 19 heavy (non-hydrogen) atoms. The molecule has 2 rings (SSSR count). The first-order valence-corrected chi connectivity index (χ1v) is 5.39. The van der Waals surface area contributed by atoms with Crippen LogP contribution in [-0.2, 0) is 11.3 Å². The highest BCUT2D eigenvalue weighted by molar-refractivity contribution is 5.88. The van der Waals surface area contributed by atoms with Gasteiger partial charge in [-0.15, -0.1) is 0 Å². The molecule has 0 saturated carbocycles. The van der Waals surface area contributed by atoms with Crippen molar-refractivity contribution in [3.05, 3.63) is 11.7 Å². The topological polar surface area (TPSA) is 94.5 Å². The molecular formula is C9H11F3N4O3. The van der Waals surface area contributed by atoms with E-state index in [0.717, 1.165) is 0 Å². The molecule has 1 aromatic heterocycles. The van der Waals surface area contributed by atoms with Crippen molar-refractivity contribution in [3.63, 3.8) is 0 Å². The fourth-order valence-corrected chi connectivity index (χ4v) is 1.65. The second-order valence-electron chi connectivity index (χ2n) is 4.01. The van der Waals surface area contributed by atoms with Crippen LogP contribution in [0.15, 0.2) is 4.52 Å². The van der Waals surface area contributed by atoms with Crippen LogP contribution >= 0.6 is 0 Å². The van der Waals surface area contributed by atoms with E-state index < -0.39 is 18.2 Å². The first kappa shape index (κ1) is 13.7. The molecule has 0 aromatic carbocycles. The highest BCUT2D eigenvalue weighted by Gasteiger charge is 2.43. The Morgan fingerprint density at radius 2 is 2.26 bits per heavy atom. The summed E-state index contributed by atoms with van der Waals surface area (Å²) in [5, 5.41) is 3.31. The van der Waals surface area contributed by atoms with Crippen LogP contribution in [0.2, 0.25) is 0 Å². The van der Waals surface area contributed by atoms with Gasteiger partial charge in [0.05, 0.1) is 13.2 Å². The van der Waals surface area contributed by atoms with Crippen molar-refractivity contribution in [2.24, 2.45) is 5.73 Å². The van der Waals surface area contributed by atoms with E-state index in [9.17, 15) is 18.0 Å². The summed E-state index contributed by atoms with van der Waals surface area (Å²) in [6.45, 7) is -0.0458. The second-order valence-corrected chi connectivity index (χ2v) is 4.01. The molecule has 7 nitrogen and oxygen atoms in total. The first-order valence-electron chi connectivity index (χ1n) is 5.39. The lowest BCUT2D eigenvalue weighted by Crippen LogP contribution is -2.48. The molecule has 1 atom stereocenters. The van der Waals surface area contributed by atoms with Crippen LogP contribution in [0.1, 0.15) is 16.5 Å². The van der Waals surface area contributed by atoms with Crippen LogP contribution in [0.5, 0.6) is 0 Å². The summed E-state index contributed by atoms with van der Waals surface area (Å²) >= 11 is 0. The highest BCUT2D eigenvalue weighted by atomic mass is 19.4. The summed E-state index contributed by atoms with van der Waals surface area (Å²) in [4.78, 5) is 15.9. The molecule has 1 saturated heterocycles. The van der Waals surface area contributed by atoms with Gasteiger partial charge >= 0.3 is 6.18 Å². The Balaban J connectivity index is 1.96. The third-order valence-electron chi connectivity index (χ3n) is 2.56. The van der Waals surface area contributed by atoms with E-state index in [2.05, 4.69) is 14.9 Å². The Morgan fingerprint density at radius 1 is 1.53 bits per heavy atom. The molecule has 0 aliphatic carbocycles. The van der Waals surface area contributed by atoms with E-state index >= 15 is 0 Å². The van der Waals surface area contributed by atoms with Gasteiger partial charge in [0.25, 0.3) is 11.7 Å². The molecule has 2 N–H and O–H groups in total. The molecule has 1 aliphatic rings. The molecule has 0 unspecified atom stereocenters. The number of nitrogens with zero attached hydrogens (tertiary/aromatic N) is 3. The van der Waals surface area contributed by atoms with E-state index in [0.29, 0.717) is 6.54 Å². The van der Waals surface area contributed by atoms with Crippen LogP contribution in [0.25, 0.3) is 0 Å². The number of amides is 1. The van der Waals surface area contributed by atoms with E-state index in [1.54, 1.807) is 0 Å². The minimum atomic E-state index is -4.41. The van der Waals surface area contributed by atoms with Gasteiger partial charge in [0, 0.05) is 13.1 Å². The number of aromatic nitrogens is 2. The quantitative estimate of drug-likeness (QED) is 0.833. The zero-order valence-electron chi connectivity index (χ0n) is 9.68. The van der Waals surface area contributed by atoms with Gasteiger partial charge in [-0.1, -0.05) is 5.16 Å². The predicted octanol–water partition coefficient (Wildman–Crippen LogP) is -0.0684. The van der Waals surface area contributed by atoms with E-state index in [-0.39, 0.29) is 31.4 Å². The zero-order chi connectivity index (χ0) is 14.0. The third kappa shape index (κ3) is 3.41. The standard InChI is InChI=1S/C9H11F3N4O3/c10-9(11,12)5-3-16(1-2-18-5)4-6-14-8(7(13)17)15-19-6/h5H,1-4H2,(H2,13,17)/t5-/m0/s1. The summed E-state index contributed by atoms with van der Waals surface area (Å²) in [6.07, 6.45) is -6.24. The summed E-state index contributed by atoms with van der Waals surface area (Å²) < 4.78 is 46.9. The summed E-state index contributed by atoms with van der Waals surface area (Å²) in [5.74, 6) is -1.11. The molecule has 1 aliphatic heterocycles. The number of alkyl halides is 3. The molecular weight excluding hydrogens is 269 g/mol. The average Bonchev–Trinajstić information content (AvgIpc) is 2.77. The fourth-order valence-electron chi connectivity index (χ4n) is 1.65. The number of rotatable bonds is 3. The monoisotopic (exact) mass is 280 g/mol. The van der Waals surface area contributed by atoms with Crippen molar-refractivity contribution in [1.82, 2.24) is 15.0 Å². The van der Waals surface area contributed by atoms with E-state index in [4.69, 9.17) is 10.3 Å². The maximum Gasteiger partial charge on any atom is 0.415 e. The third-order valence-corrected chi connectivity index (χ3v) is 2.56. The van der Waals surface area contributed by atoms with Crippen LogP contribution in [0.4, 0.5) is 13.2 Å². The van der Waals surface area contributed by atoms with Crippen molar-refractivity contribution >= 4 is 5.91 Å². The molecule has 0 bridgehead atoms. The van der Waals surface area contributed by atoms with Crippen LogP contribution in [0.3, 0.4) is 0 Å². The van der Waals surface area contributed by atoms with Gasteiger partial charge in [0.15, 0.2) is 6.10 Å². The van der Waals surface area contributed by atoms with Gasteiger partial charge in [-0.2, -0.15) is 18.2 Å². The molecule has 0 radical (unpaired) electrons. The molecule has 106 valence electrons. The van der Waals surface area contributed by atoms with E-state index in [1.165, 1.54) is 4.90 Å². The second kappa shape index (κ2) is 5.13. The Bertz CT molecular complexity index is 462. The summed E-state index contributed by atoms with van der Waals surface area (Å²) in [5.41, 5.74) is 4.93. The zero-order valence-corrected chi connectivity index (χ0v) is 9.68. The molecule has 1 amide bonds. The number of morpholine rings is 1. The number of halogens is 3. The Labute approximate surface area is 105 Å². The minimum absolute atomic E-state index is 0.0101. The Kier molecular flexibility index (Phi) is 3.71. The van der Waals surface area contributed by atoms with Crippen molar-refractivity contribution < 1.29 is 27.2 Å². The number of hydrogen-bond donors (Lipinski definition) is 1. The lowest BCUT2D eigenvalue weighted by Gasteiger charge is -2.32. The molecule has 0 spiro atoms. The van der Waals surface area contributed by atoms with Crippen molar-refractivity contribution in [3.8, 4) is 0 Å². The van der Waals surface area contributed by atoms with Crippen molar-refractivity contribution in [1.29, 1.82) is 0 Å². The Hall–Kier alpha value is -1.68. The first-order chi connectivity index (χ1) is 8.86. The normalized spacial score (nSPS) is 21.5. The molecule has 10 heteroatoms. The smallest absolute Gasteiger partial charge is 0.366 e. The van der Waals surface area contributed by atoms with E-state index in [1.807, 2.05) is 0 Å². The predicted molar refractivity (Wildman–Crippen MR) is 53.9 cm³/mol. The lowest BCUT2D eigenvalue weighted by atomic mass is 10.2. The number of hydrogen-bond acceptors (Lipinski definition) is 6. The lowest BCUT2D eigenvalue weighted by molar-refractivity contribution is -0.238. The van der Waals surface area contributed by atoms with Gasteiger partial charge in [0.1, 0.15) is 0 Å². The summed E-state index contributed by atoms with van der Waals surface area (Å²) in [7, 11) is 0. The largest absolute Gasteiger partial charge is 0.415 e. The number of primary amides is 1. The number of ether oxygens (including phenoxy) is 1. The van der Waals surface area contributed by atoms with Crippen molar-refractivity contribution in [2.75, 3.05) is 19.7 Å². The summed E-state index contributed by atoms with van der Waals surface area (Å²) in [6, 6.07) is 0. The van der Waals surface area contributed by atoms with Gasteiger partial charge < -0.3 is 15.0 Å². The average molecular weight is 280 g/mol. The van der Waals surface area contributed by atoms with Gasteiger partial charge in [-0.05, 0) is 0 Å². The van der Waals surface area contributed by atoms with Gasteiger partial charge in [-0.3, -0.25) is 9.69 Å². The van der Waals surface area contributed by atoms with Crippen LogP contribution < -0.4 is 5.73 Å². The number of carbonyl (C=O) groups excluding carboxylic acids is 1. The number of nitrogens with two attached hydrogens (primary N) is 1. The fraction of sp³-hybridized carbons (Fsp3) is 0.667. The molecule has 1 aromatic rings. The van der Waals surface area contributed by atoms with Gasteiger partial charge in [0.2, 0.25) is 5.89 Å². The van der Waals surface area contributed by atoms with Gasteiger partial charge in [-0.25, -0.2) is 0 Å². The van der Waals surface area contributed by atoms with Crippen molar-refractivity contribution in [2.45, 2.75) is 18.8 Å². The minimum Gasteiger partial charge on any atom is -0.366 e. The Morgan fingerprint density at radius 3 is 2.84 bits per heavy atom. The van der Waals surface area contributed by atoms with Crippen LogP contribution in [0, 0.1) is 0 Å². The number of carbonyl (C=O) groups is 1. The molecule has 2 heterocycles. The van der Waals surface area contributed by atoms with Crippen LogP contribution in [-0.4, -0.2) is 52.9 Å². The highest BCUT2D eigenvalue weighted by Crippen LogP contribution is 2.26. The SMILES string of the molecule is NC(=O)c1noc(CN2CCO[C@H](C(F)(F)F)C2)n1. The maximum absolute atomic E-state index is 12.5. The maximum atomic E-state index is 12.5.